The number of non-ortho nitro benzene ring substituents is 1. The number of hydrogen-bond donors (Lipinski definition) is 1. The van der Waals surface area contributed by atoms with Crippen molar-refractivity contribution in [2.75, 3.05) is 12.4 Å². The number of amides is 1. The van der Waals surface area contributed by atoms with Crippen LogP contribution in [0.2, 0.25) is 5.02 Å². The van der Waals surface area contributed by atoms with Gasteiger partial charge in [-0.25, -0.2) is 0 Å². The first kappa shape index (κ1) is 24.6. The van der Waals surface area contributed by atoms with Crippen molar-refractivity contribution in [1.82, 2.24) is 0 Å². The van der Waals surface area contributed by atoms with Gasteiger partial charge in [0.05, 0.1) is 23.8 Å². The number of ether oxygens (including phenoxy) is 3. The molecule has 184 valence electrons. The Bertz CT molecular complexity index is 1420. The number of nitro benzene ring substituents is 1. The molecule has 1 N–H and O–H groups in total. The maximum Gasteiger partial charge on any atom is 0.291 e. The Balaban J connectivity index is 1.47. The molecule has 0 unspecified atom stereocenters. The van der Waals surface area contributed by atoms with E-state index in [0.717, 1.165) is 5.56 Å². The van der Waals surface area contributed by atoms with Crippen LogP contribution in [0.15, 0.2) is 77.2 Å². The summed E-state index contributed by atoms with van der Waals surface area (Å²) in [7, 11) is 1.54. The molecule has 1 aromatic heterocycles. The van der Waals surface area contributed by atoms with Gasteiger partial charge >= 0.3 is 0 Å². The lowest BCUT2D eigenvalue weighted by Crippen LogP contribution is -2.11. The normalized spacial score (nSPS) is 10.5. The van der Waals surface area contributed by atoms with Crippen LogP contribution in [0.1, 0.15) is 21.9 Å². The molecule has 4 rings (SSSR count). The van der Waals surface area contributed by atoms with Crippen molar-refractivity contribution in [3.8, 4) is 23.0 Å². The Kier molecular flexibility index (Phi) is 7.41. The summed E-state index contributed by atoms with van der Waals surface area (Å²) in [6.07, 6.45) is 0. The van der Waals surface area contributed by atoms with E-state index in [1.807, 2.05) is 19.1 Å². The van der Waals surface area contributed by atoms with Gasteiger partial charge in [0, 0.05) is 17.2 Å². The second kappa shape index (κ2) is 10.8. The third-order valence-corrected chi connectivity index (χ3v) is 5.47. The van der Waals surface area contributed by atoms with E-state index in [2.05, 4.69) is 5.32 Å². The lowest BCUT2D eigenvalue weighted by molar-refractivity contribution is -0.384. The van der Waals surface area contributed by atoms with Crippen LogP contribution < -0.4 is 19.5 Å². The molecule has 0 bridgehead atoms. The minimum atomic E-state index is -0.590. The van der Waals surface area contributed by atoms with Gasteiger partial charge < -0.3 is 23.9 Å². The second-order valence-electron chi connectivity index (χ2n) is 7.65. The van der Waals surface area contributed by atoms with Crippen LogP contribution in [-0.4, -0.2) is 17.9 Å². The Morgan fingerprint density at radius 2 is 1.81 bits per heavy atom. The summed E-state index contributed by atoms with van der Waals surface area (Å²) in [5, 5.41) is 14.6. The van der Waals surface area contributed by atoms with Crippen molar-refractivity contribution in [2.24, 2.45) is 0 Å². The summed E-state index contributed by atoms with van der Waals surface area (Å²) >= 11 is 6.04. The molecular weight excluding hydrogens is 488 g/mol. The van der Waals surface area contributed by atoms with Gasteiger partial charge in [0.25, 0.3) is 11.6 Å². The zero-order valence-corrected chi connectivity index (χ0v) is 20.1. The standard InChI is InChI=1S/C26H21ClN2O7/c1-16-11-19(7-9-22(16)27)35-21-13-17(12-18(14-21)29(31)32)28-26(30)25-10-8-20(36-25)15-34-24-6-4-3-5-23(24)33-2/h3-14H,15H2,1-2H3,(H,28,30). The van der Waals surface area contributed by atoms with E-state index in [0.29, 0.717) is 28.0 Å². The van der Waals surface area contributed by atoms with Crippen molar-refractivity contribution in [1.29, 1.82) is 0 Å². The third kappa shape index (κ3) is 5.94. The highest BCUT2D eigenvalue weighted by molar-refractivity contribution is 6.31. The van der Waals surface area contributed by atoms with Crippen LogP contribution in [0, 0.1) is 17.0 Å². The number of aryl methyl sites for hydroxylation is 1. The molecule has 0 atom stereocenters. The van der Waals surface area contributed by atoms with Gasteiger partial charge in [-0.15, -0.1) is 0 Å². The number of halogens is 1. The molecule has 1 amide bonds. The molecule has 0 saturated heterocycles. The average molecular weight is 509 g/mol. The highest BCUT2D eigenvalue weighted by Crippen LogP contribution is 2.32. The Morgan fingerprint density at radius 1 is 1.03 bits per heavy atom. The number of methoxy groups -OCH3 is 1. The van der Waals surface area contributed by atoms with E-state index in [-0.39, 0.29) is 29.5 Å². The minimum Gasteiger partial charge on any atom is -0.493 e. The number of hydrogen-bond acceptors (Lipinski definition) is 7. The van der Waals surface area contributed by atoms with Gasteiger partial charge in [0.2, 0.25) is 0 Å². The molecule has 0 spiro atoms. The predicted octanol–water partition coefficient (Wildman–Crippen LogP) is 6.78. The molecule has 36 heavy (non-hydrogen) atoms. The van der Waals surface area contributed by atoms with Crippen LogP contribution in [0.5, 0.6) is 23.0 Å². The maximum absolute atomic E-state index is 12.7. The summed E-state index contributed by atoms with van der Waals surface area (Å²) in [5.74, 6) is 1.55. The van der Waals surface area contributed by atoms with Crippen LogP contribution in [0.25, 0.3) is 0 Å². The average Bonchev–Trinajstić information content (AvgIpc) is 3.34. The Labute approximate surface area is 211 Å². The fourth-order valence-corrected chi connectivity index (χ4v) is 3.41. The molecule has 0 fully saturated rings. The van der Waals surface area contributed by atoms with Crippen molar-refractivity contribution in [3.05, 3.63) is 105 Å². The number of nitrogens with zero attached hydrogens (tertiary/aromatic N) is 1. The summed E-state index contributed by atoms with van der Waals surface area (Å²) in [6, 6.07) is 19.2. The lowest BCUT2D eigenvalue weighted by atomic mass is 10.2. The zero-order chi connectivity index (χ0) is 25.7. The second-order valence-corrected chi connectivity index (χ2v) is 8.05. The fourth-order valence-electron chi connectivity index (χ4n) is 3.29. The number of furan rings is 1. The molecule has 0 aliphatic rings. The molecule has 1 heterocycles. The van der Waals surface area contributed by atoms with Crippen molar-refractivity contribution in [2.45, 2.75) is 13.5 Å². The van der Waals surface area contributed by atoms with Gasteiger partial charge in [-0.05, 0) is 55.0 Å². The van der Waals surface area contributed by atoms with Crippen LogP contribution in [0.3, 0.4) is 0 Å². The first-order valence-corrected chi connectivity index (χ1v) is 11.1. The maximum atomic E-state index is 12.7. The minimum absolute atomic E-state index is 0.0101. The number of carbonyl (C=O) groups excluding carboxylic acids is 1. The highest BCUT2D eigenvalue weighted by atomic mass is 35.5. The molecular formula is C26H21ClN2O7. The van der Waals surface area contributed by atoms with Gasteiger partial charge in [-0.2, -0.15) is 0 Å². The summed E-state index contributed by atoms with van der Waals surface area (Å²) < 4.78 is 22.3. The number of nitro groups is 1. The number of para-hydroxylation sites is 2. The number of rotatable bonds is 9. The molecule has 4 aromatic rings. The highest BCUT2D eigenvalue weighted by Gasteiger charge is 2.17. The van der Waals surface area contributed by atoms with Gasteiger partial charge in [-0.3, -0.25) is 14.9 Å². The third-order valence-electron chi connectivity index (χ3n) is 5.05. The van der Waals surface area contributed by atoms with E-state index in [1.165, 1.54) is 24.3 Å². The van der Waals surface area contributed by atoms with Gasteiger partial charge in [0.1, 0.15) is 23.9 Å². The van der Waals surface area contributed by atoms with E-state index >= 15 is 0 Å². The van der Waals surface area contributed by atoms with Crippen LogP contribution in [0.4, 0.5) is 11.4 Å². The number of anilines is 1. The molecule has 0 aliphatic heterocycles. The summed E-state index contributed by atoms with van der Waals surface area (Å²) in [5.41, 5.74) is 0.702. The zero-order valence-electron chi connectivity index (χ0n) is 19.3. The molecule has 10 heteroatoms. The van der Waals surface area contributed by atoms with Crippen LogP contribution in [-0.2, 0) is 6.61 Å². The lowest BCUT2D eigenvalue weighted by Gasteiger charge is -2.10. The van der Waals surface area contributed by atoms with Gasteiger partial charge in [0.15, 0.2) is 17.3 Å². The van der Waals surface area contributed by atoms with Crippen molar-refractivity contribution >= 4 is 28.9 Å². The van der Waals surface area contributed by atoms with E-state index in [4.69, 9.17) is 30.2 Å². The quantitative estimate of drug-likeness (QED) is 0.196. The Morgan fingerprint density at radius 3 is 2.53 bits per heavy atom. The summed E-state index contributed by atoms with van der Waals surface area (Å²) in [4.78, 5) is 23.6. The number of benzene rings is 3. The van der Waals surface area contributed by atoms with E-state index in [1.54, 1.807) is 43.5 Å². The molecule has 0 aliphatic carbocycles. The number of nitrogens with one attached hydrogen (secondary N) is 1. The largest absolute Gasteiger partial charge is 0.493 e. The first-order valence-electron chi connectivity index (χ1n) is 10.7. The fraction of sp³-hybridized carbons (Fsp3) is 0.115. The molecule has 0 saturated carbocycles. The first-order chi connectivity index (χ1) is 17.3. The van der Waals surface area contributed by atoms with Gasteiger partial charge in [-0.1, -0.05) is 23.7 Å². The monoisotopic (exact) mass is 508 g/mol. The summed E-state index contributed by atoms with van der Waals surface area (Å²) in [6.45, 7) is 1.89. The Hall–Kier alpha value is -4.50. The predicted molar refractivity (Wildman–Crippen MR) is 133 cm³/mol. The molecule has 9 nitrogen and oxygen atoms in total. The van der Waals surface area contributed by atoms with E-state index < -0.39 is 10.8 Å². The van der Waals surface area contributed by atoms with Crippen LogP contribution >= 0.6 is 11.6 Å². The molecule has 3 aromatic carbocycles. The van der Waals surface area contributed by atoms with Crippen molar-refractivity contribution < 1.29 is 28.3 Å². The molecule has 0 radical (unpaired) electrons. The number of carbonyl (C=O) groups is 1. The van der Waals surface area contributed by atoms with E-state index in [9.17, 15) is 14.9 Å². The van der Waals surface area contributed by atoms with Crippen molar-refractivity contribution in [3.63, 3.8) is 0 Å². The smallest absolute Gasteiger partial charge is 0.291 e. The SMILES string of the molecule is COc1ccccc1OCc1ccc(C(=O)Nc2cc(Oc3ccc(Cl)c(C)c3)cc([N+](=O)[O-])c2)o1. The topological polar surface area (TPSA) is 113 Å².